The molecule has 4 aromatic rings. The molecule has 0 aliphatic carbocycles. The van der Waals surface area contributed by atoms with Crippen LogP contribution in [0.2, 0.25) is 0 Å². The number of aryl methyl sites for hydroxylation is 3. The molecule has 0 fully saturated rings. The summed E-state index contributed by atoms with van der Waals surface area (Å²) in [6, 6.07) is 7.71. The standard InChI is InChI=1S/C26H30N6O2S/c1-15(25(33)31(5)6)13-32-14-29-22-8-7-19(9-21(22)26(32)34)20-10-23(16(2)27-11-20)28-12-24-17(3)30-18(4)35-24/h7-11,14-15,28H,12-13H2,1-6H3/t15-/m1/s1. The number of anilines is 1. The van der Waals surface area contributed by atoms with Crippen LogP contribution in [0.5, 0.6) is 0 Å². The van der Waals surface area contributed by atoms with E-state index in [0.29, 0.717) is 17.4 Å². The van der Waals surface area contributed by atoms with Crippen LogP contribution >= 0.6 is 11.3 Å². The van der Waals surface area contributed by atoms with Gasteiger partial charge in [-0.25, -0.2) is 9.97 Å². The number of hydrogen-bond acceptors (Lipinski definition) is 7. The Bertz CT molecular complexity index is 1460. The molecule has 0 bridgehead atoms. The molecule has 8 nitrogen and oxygen atoms in total. The summed E-state index contributed by atoms with van der Waals surface area (Å²) in [4.78, 5) is 41.7. The zero-order chi connectivity index (χ0) is 25.3. The SMILES string of the molecule is Cc1nc(C)c(CNc2cc(-c3ccc4ncn(C[C@@H](C)C(=O)N(C)C)c(=O)c4c3)cnc2C)s1. The lowest BCUT2D eigenvalue weighted by Gasteiger charge is -2.17. The number of thiazole rings is 1. The number of hydrogen-bond donors (Lipinski definition) is 1. The highest BCUT2D eigenvalue weighted by Gasteiger charge is 2.17. The van der Waals surface area contributed by atoms with Crippen molar-refractivity contribution in [1.82, 2.24) is 24.4 Å². The highest BCUT2D eigenvalue weighted by atomic mass is 32.1. The second-order valence-corrected chi connectivity index (χ2v) is 10.3. The maximum absolute atomic E-state index is 13.2. The fraction of sp³-hybridized carbons (Fsp3) is 0.346. The van der Waals surface area contributed by atoms with E-state index in [0.717, 1.165) is 33.2 Å². The number of rotatable bonds is 7. The van der Waals surface area contributed by atoms with Gasteiger partial charge in [0.1, 0.15) is 0 Å². The van der Waals surface area contributed by atoms with Crippen molar-refractivity contribution in [2.24, 2.45) is 5.92 Å². The summed E-state index contributed by atoms with van der Waals surface area (Å²) >= 11 is 1.69. The van der Waals surface area contributed by atoms with E-state index in [-0.39, 0.29) is 23.9 Å². The second kappa shape index (κ2) is 9.95. The van der Waals surface area contributed by atoms with Crippen LogP contribution in [0.4, 0.5) is 5.69 Å². The van der Waals surface area contributed by atoms with Gasteiger partial charge < -0.3 is 10.2 Å². The van der Waals surface area contributed by atoms with Crippen molar-refractivity contribution in [3.8, 4) is 11.1 Å². The summed E-state index contributed by atoms with van der Waals surface area (Å²) in [5.41, 5.74) is 5.13. The van der Waals surface area contributed by atoms with Gasteiger partial charge in [-0.1, -0.05) is 13.0 Å². The third kappa shape index (κ3) is 5.24. The number of aromatic nitrogens is 4. The highest BCUT2D eigenvalue weighted by Crippen LogP contribution is 2.27. The molecule has 9 heteroatoms. The molecule has 0 spiro atoms. The van der Waals surface area contributed by atoms with E-state index >= 15 is 0 Å². The van der Waals surface area contributed by atoms with E-state index in [9.17, 15) is 9.59 Å². The number of amides is 1. The Balaban J connectivity index is 1.63. The summed E-state index contributed by atoms with van der Waals surface area (Å²) in [5, 5.41) is 5.05. The summed E-state index contributed by atoms with van der Waals surface area (Å²) in [6.07, 6.45) is 3.33. The molecule has 1 N–H and O–H groups in total. The van der Waals surface area contributed by atoms with Gasteiger partial charge in [-0.2, -0.15) is 0 Å². The Hall–Kier alpha value is -3.59. The van der Waals surface area contributed by atoms with Gasteiger partial charge in [0.15, 0.2) is 0 Å². The van der Waals surface area contributed by atoms with Crippen LogP contribution < -0.4 is 10.9 Å². The largest absolute Gasteiger partial charge is 0.379 e. The van der Waals surface area contributed by atoms with Crippen LogP contribution in [0.25, 0.3) is 22.0 Å². The number of nitrogens with one attached hydrogen (secondary N) is 1. The molecule has 0 saturated carbocycles. The Morgan fingerprint density at radius 3 is 2.57 bits per heavy atom. The van der Waals surface area contributed by atoms with Gasteiger partial charge in [0.25, 0.3) is 5.56 Å². The first-order valence-corrected chi connectivity index (χ1v) is 12.3. The number of pyridine rings is 1. The smallest absolute Gasteiger partial charge is 0.261 e. The minimum absolute atomic E-state index is 0.0276. The third-order valence-electron chi connectivity index (χ3n) is 6.02. The lowest BCUT2D eigenvalue weighted by molar-refractivity contribution is -0.132. The molecule has 1 amide bonds. The predicted octanol–water partition coefficient (Wildman–Crippen LogP) is 4.18. The predicted molar refractivity (Wildman–Crippen MR) is 141 cm³/mol. The molecule has 0 saturated heterocycles. The second-order valence-electron chi connectivity index (χ2n) is 9.02. The molecule has 0 unspecified atom stereocenters. The zero-order valence-corrected chi connectivity index (χ0v) is 21.7. The van der Waals surface area contributed by atoms with Crippen molar-refractivity contribution in [2.45, 2.75) is 40.8 Å². The van der Waals surface area contributed by atoms with E-state index in [2.05, 4.69) is 26.3 Å². The van der Waals surface area contributed by atoms with Crippen LogP contribution in [-0.2, 0) is 17.9 Å². The van der Waals surface area contributed by atoms with Crippen LogP contribution in [0.15, 0.2) is 41.6 Å². The molecular formula is C26H30N6O2S. The van der Waals surface area contributed by atoms with Gasteiger partial charge in [-0.05, 0) is 44.5 Å². The number of fused-ring (bicyclic) bond motifs is 1. The quantitative estimate of drug-likeness (QED) is 0.418. The summed E-state index contributed by atoms with van der Waals surface area (Å²) in [5.74, 6) is -0.355. The van der Waals surface area contributed by atoms with Gasteiger partial charge in [0.2, 0.25) is 5.91 Å². The monoisotopic (exact) mass is 490 g/mol. The number of nitrogens with zero attached hydrogens (tertiary/aromatic N) is 5. The van der Waals surface area contributed by atoms with E-state index in [1.807, 2.05) is 52.1 Å². The van der Waals surface area contributed by atoms with Gasteiger partial charge >= 0.3 is 0 Å². The Kier molecular flexibility index (Phi) is 6.98. The average molecular weight is 491 g/mol. The van der Waals surface area contributed by atoms with Crippen LogP contribution in [-0.4, -0.2) is 44.4 Å². The molecule has 0 aliphatic heterocycles. The fourth-order valence-electron chi connectivity index (χ4n) is 4.07. The molecule has 3 heterocycles. The van der Waals surface area contributed by atoms with Gasteiger partial charge in [-0.3, -0.25) is 19.1 Å². The van der Waals surface area contributed by atoms with Gasteiger partial charge in [-0.15, -0.1) is 11.3 Å². The third-order valence-corrected chi connectivity index (χ3v) is 7.09. The van der Waals surface area contributed by atoms with Crippen LogP contribution in [0, 0.1) is 26.7 Å². The highest BCUT2D eigenvalue weighted by molar-refractivity contribution is 7.11. The van der Waals surface area contributed by atoms with Crippen LogP contribution in [0.3, 0.4) is 0 Å². The maximum Gasteiger partial charge on any atom is 0.261 e. The van der Waals surface area contributed by atoms with Crippen molar-refractivity contribution >= 4 is 33.8 Å². The molecule has 3 aromatic heterocycles. The fourth-order valence-corrected chi connectivity index (χ4v) is 4.94. The zero-order valence-electron chi connectivity index (χ0n) is 20.9. The van der Waals surface area contributed by atoms with Crippen LogP contribution in [0.1, 0.15) is 28.2 Å². The summed E-state index contributed by atoms with van der Waals surface area (Å²) in [7, 11) is 3.43. The van der Waals surface area contributed by atoms with E-state index < -0.39 is 0 Å². The van der Waals surface area contributed by atoms with Crippen molar-refractivity contribution in [2.75, 3.05) is 19.4 Å². The van der Waals surface area contributed by atoms with Gasteiger partial charge in [0.05, 0.1) is 51.8 Å². The van der Waals surface area contributed by atoms with Gasteiger partial charge in [0, 0.05) is 37.3 Å². The molecule has 1 aromatic carbocycles. The Labute approximate surface area is 208 Å². The van der Waals surface area contributed by atoms with E-state index in [1.54, 1.807) is 25.4 Å². The van der Waals surface area contributed by atoms with Crippen molar-refractivity contribution < 1.29 is 4.79 Å². The molecule has 1 atom stereocenters. The average Bonchev–Trinajstić information content (AvgIpc) is 3.16. The number of carbonyl (C=O) groups is 1. The first-order chi connectivity index (χ1) is 16.6. The molecule has 0 radical (unpaired) electrons. The summed E-state index contributed by atoms with van der Waals surface area (Å²) in [6.45, 7) is 8.78. The molecule has 4 rings (SSSR count). The summed E-state index contributed by atoms with van der Waals surface area (Å²) < 4.78 is 1.51. The normalized spacial score (nSPS) is 12.1. The Morgan fingerprint density at radius 1 is 1.11 bits per heavy atom. The maximum atomic E-state index is 13.2. The minimum Gasteiger partial charge on any atom is -0.379 e. The number of carbonyl (C=O) groups excluding carboxylic acids is 1. The van der Waals surface area contributed by atoms with E-state index in [4.69, 9.17) is 0 Å². The van der Waals surface area contributed by atoms with Crippen molar-refractivity contribution in [3.63, 3.8) is 0 Å². The molecular weight excluding hydrogens is 460 g/mol. The Morgan fingerprint density at radius 2 is 1.89 bits per heavy atom. The molecule has 35 heavy (non-hydrogen) atoms. The minimum atomic E-state index is -0.328. The van der Waals surface area contributed by atoms with Crippen molar-refractivity contribution in [3.05, 3.63) is 68.4 Å². The van der Waals surface area contributed by atoms with E-state index in [1.165, 1.54) is 20.7 Å². The molecule has 182 valence electrons. The number of benzene rings is 1. The first kappa shape index (κ1) is 24.5. The lowest BCUT2D eigenvalue weighted by atomic mass is 10.0. The first-order valence-electron chi connectivity index (χ1n) is 11.5. The molecule has 0 aliphatic rings. The topological polar surface area (TPSA) is 93.0 Å². The lowest BCUT2D eigenvalue weighted by Crippen LogP contribution is -2.33. The van der Waals surface area contributed by atoms with Crippen molar-refractivity contribution in [1.29, 1.82) is 0 Å².